The summed E-state index contributed by atoms with van der Waals surface area (Å²) >= 11 is 0. The van der Waals surface area contributed by atoms with Gasteiger partial charge in [-0.25, -0.2) is 9.78 Å². The molecule has 0 spiro atoms. The number of carboxylic acid groups (broad SMARTS) is 1. The molecule has 1 amide bonds. The van der Waals surface area contributed by atoms with Crippen molar-refractivity contribution >= 4 is 23.3 Å². The molecule has 0 saturated heterocycles. The van der Waals surface area contributed by atoms with Gasteiger partial charge in [-0.3, -0.25) is 4.79 Å². The average Bonchev–Trinajstić information content (AvgIpc) is 3.12. The molecule has 0 aliphatic rings. The van der Waals surface area contributed by atoms with Gasteiger partial charge in [0.2, 0.25) is 5.82 Å². The number of benzene rings is 2. The van der Waals surface area contributed by atoms with Gasteiger partial charge < -0.3 is 10.4 Å². The van der Waals surface area contributed by atoms with Crippen LogP contribution in [0, 0.1) is 6.92 Å². The standard InChI is InChI=1S/C20H15N5O3/c1-12-11-16(13-7-3-2-4-8-13)25-20(21-12)23-17(24-25)18(26)22-15-10-6-5-9-14(15)19(27)28/h2-11H,1H3,(H,22,26)(H,27,28). The molecule has 2 N–H and O–H groups in total. The van der Waals surface area contributed by atoms with Crippen LogP contribution in [0.5, 0.6) is 0 Å². The number of aryl methyl sites for hydroxylation is 1. The second kappa shape index (κ2) is 6.92. The Kier molecular flexibility index (Phi) is 4.29. The van der Waals surface area contributed by atoms with Crippen LogP contribution in [-0.2, 0) is 0 Å². The van der Waals surface area contributed by atoms with Gasteiger partial charge in [0.05, 0.1) is 16.9 Å². The molecule has 4 rings (SSSR count). The minimum atomic E-state index is -1.14. The van der Waals surface area contributed by atoms with Crippen LogP contribution in [0.3, 0.4) is 0 Å². The Labute approximate surface area is 159 Å². The Morgan fingerprint density at radius 2 is 1.71 bits per heavy atom. The van der Waals surface area contributed by atoms with Gasteiger partial charge in [-0.2, -0.15) is 9.50 Å². The molecule has 0 radical (unpaired) electrons. The average molecular weight is 373 g/mol. The fraction of sp³-hybridized carbons (Fsp3) is 0.0500. The van der Waals surface area contributed by atoms with E-state index in [1.807, 2.05) is 43.3 Å². The normalized spacial score (nSPS) is 10.8. The van der Waals surface area contributed by atoms with Gasteiger partial charge in [0.15, 0.2) is 0 Å². The van der Waals surface area contributed by atoms with E-state index in [1.165, 1.54) is 16.6 Å². The highest BCUT2D eigenvalue weighted by Crippen LogP contribution is 2.21. The van der Waals surface area contributed by atoms with E-state index in [0.717, 1.165) is 17.0 Å². The van der Waals surface area contributed by atoms with Crippen molar-refractivity contribution in [2.75, 3.05) is 5.32 Å². The fourth-order valence-corrected chi connectivity index (χ4v) is 2.85. The molecule has 2 aromatic carbocycles. The molecule has 0 unspecified atom stereocenters. The van der Waals surface area contributed by atoms with Crippen LogP contribution in [-0.4, -0.2) is 36.6 Å². The molecule has 0 fully saturated rings. The molecule has 4 aromatic rings. The quantitative estimate of drug-likeness (QED) is 0.569. The zero-order chi connectivity index (χ0) is 19.7. The molecule has 28 heavy (non-hydrogen) atoms. The maximum atomic E-state index is 12.6. The third kappa shape index (κ3) is 3.18. The highest BCUT2D eigenvalue weighted by atomic mass is 16.4. The molecular formula is C20H15N5O3. The lowest BCUT2D eigenvalue weighted by molar-refractivity contribution is 0.0698. The number of para-hydroxylation sites is 1. The van der Waals surface area contributed by atoms with Gasteiger partial charge in [-0.1, -0.05) is 42.5 Å². The number of nitrogens with zero attached hydrogens (tertiary/aromatic N) is 4. The van der Waals surface area contributed by atoms with E-state index < -0.39 is 11.9 Å². The number of carboxylic acids is 1. The molecule has 8 nitrogen and oxygen atoms in total. The minimum Gasteiger partial charge on any atom is -0.478 e. The molecule has 0 saturated carbocycles. The number of hydrogen-bond acceptors (Lipinski definition) is 5. The number of fused-ring (bicyclic) bond motifs is 1. The first-order chi connectivity index (χ1) is 13.5. The SMILES string of the molecule is Cc1cc(-c2ccccc2)n2nc(C(=O)Nc3ccccc3C(=O)O)nc2n1. The van der Waals surface area contributed by atoms with Crippen molar-refractivity contribution in [1.82, 2.24) is 19.6 Å². The molecular weight excluding hydrogens is 358 g/mol. The number of carbonyl (C=O) groups is 2. The highest BCUT2D eigenvalue weighted by molar-refractivity contribution is 6.06. The molecule has 0 atom stereocenters. The molecule has 138 valence electrons. The number of nitrogens with one attached hydrogen (secondary N) is 1. The van der Waals surface area contributed by atoms with Crippen molar-refractivity contribution in [2.24, 2.45) is 0 Å². The molecule has 8 heteroatoms. The minimum absolute atomic E-state index is 0.0152. The van der Waals surface area contributed by atoms with Gasteiger partial charge in [-0.05, 0) is 25.1 Å². The maximum absolute atomic E-state index is 12.6. The first-order valence-electron chi connectivity index (χ1n) is 8.46. The van der Waals surface area contributed by atoms with Crippen LogP contribution < -0.4 is 5.32 Å². The second-order valence-electron chi connectivity index (χ2n) is 6.10. The number of anilines is 1. The predicted octanol–water partition coefficient (Wildman–Crippen LogP) is 3.05. The zero-order valence-electron chi connectivity index (χ0n) is 14.8. The van der Waals surface area contributed by atoms with Crippen molar-refractivity contribution in [3.63, 3.8) is 0 Å². The monoisotopic (exact) mass is 373 g/mol. The van der Waals surface area contributed by atoms with E-state index in [-0.39, 0.29) is 22.9 Å². The number of hydrogen-bond donors (Lipinski definition) is 2. The van der Waals surface area contributed by atoms with Crippen LogP contribution >= 0.6 is 0 Å². The molecule has 2 heterocycles. The first kappa shape index (κ1) is 17.3. The van der Waals surface area contributed by atoms with Crippen LogP contribution in [0.1, 0.15) is 26.7 Å². The number of aromatic nitrogens is 4. The van der Waals surface area contributed by atoms with Crippen molar-refractivity contribution < 1.29 is 14.7 Å². The van der Waals surface area contributed by atoms with Gasteiger partial charge in [0.25, 0.3) is 11.7 Å². The summed E-state index contributed by atoms with van der Waals surface area (Å²) in [5, 5.41) is 16.1. The van der Waals surface area contributed by atoms with Gasteiger partial charge in [0, 0.05) is 11.3 Å². The Morgan fingerprint density at radius 1 is 1.00 bits per heavy atom. The maximum Gasteiger partial charge on any atom is 0.337 e. The number of rotatable bonds is 4. The van der Waals surface area contributed by atoms with Crippen LogP contribution in [0.25, 0.3) is 17.0 Å². The summed E-state index contributed by atoms with van der Waals surface area (Å²) < 4.78 is 1.50. The summed E-state index contributed by atoms with van der Waals surface area (Å²) in [6, 6.07) is 17.6. The Bertz CT molecular complexity index is 1200. The van der Waals surface area contributed by atoms with Crippen molar-refractivity contribution in [1.29, 1.82) is 0 Å². The smallest absolute Gasteiger partial charge is 0.337 e. The van der Waals surface area contributed by atoms with E-state index in [9.17, 15) is 14.7 Å². The predicted molar refractivity (Wildman–Crippen MR) is 102 cm³/mol. The number of amides is 1. The Morgan fingerprint density at radius 3 is 2.46 bits per heavy atom. The summed E-state index contributed by atoms with van der Waals surface area (Å²) in [5.41, 5.74) is 2.55. The van der Waals surface area contributed by atoms with Gasteiger partial charge in [-0.15, -0.1) is 5.10 Å². The molecule has 0 aliphatic carbocycles. The lowest BCUT2D eigenvalue weighted by Crippen LogP contribution is -2.16. The topological polar surface area (TPSA) is 109 Å². The van der Waals surface area contributed by atoms with E-state index in [4.69, 9.17) is 0 Å². The van der Waals surface area contributed by atoms with E-state index in [0.29, 0.717) is 0 Å². The van der Waals surface area contributed by atoms with Crippen molar-refractivity contribution in [3.8, 4) is 11.3 Å². The van der Waals surface area contributed by atoms with Crippen LogP contribution in [0.4, 0.5) is 5.69 Å². The van der Waals surface area contributed by atoms with E-state index in [1.54, 1.807) is 12.1 Å². The van der Waals surface area contributed by atoms with Crippen molar-refractivity contribution in [2.45, 2.75) is 6.92 Å². The molecule has 0 aliphatic heterocycles. The van der Waals surface area contributed by atoms with Gasteiger partial charge in [0.1, 0.15) is 0 Å². The molecule has 0 bridgehead atoms. The Hall–Kier alpha value is -4.07. The van der Waals surface area contributed by atoms with Gasteiger partial charge >= 0.3 is 5.97 Å². The highest BCUT2D eigenvalue weighted by Gasteiger charge is 2.19. The first-order valence-corrected chi connectivity index (χ1v) is 8.46. The Balaban J connectivity index is 1.75. The fourth-order valence-electron chi connectivity index (χ4n) is 2.85. The van der Waals surface area contributed by atoms with Crippen LogP contribution in [0.15, 0.2) is 60.7 Å². The molecule has 2 aromatic heterocycles. The summed E-state index contributed by atoms with van der Waals surface area (Å²) in [4.78, 5) is 32.5. The number of carbonyl (C=O) groups excluding carboxylic acids is 1. The lowest BCUT2D eigenvalue weighted by atomic mass is 10.1. The summed E-state index contributed by atoms with van der Waals surface area (Å²) in [5.74, 6) is -1.57. The zero-order valence-corrected chi connectivity index (χ0v) is 14.8. The third-order valence-electron chi connectivity index (χ3n) is 4.12. The second-order valence-corrected chi connectivity index (χ2v) is 6.10. The summed E-state index contributed by atoms with van der Waals surface area (Å²) in [6.07, 6.45) is 0. The van der Waals surface area contributed by atoms with E-state index in [2.05, 4.69) is 20.4 Å². The van der Waals surface area contributed by atoms with Crippen molar-refractivity contribution in [3.05, 3.63) is 77.7 Å². The third-order valence-corrected chi connectivity index (χ3v) is 4.12. The summed E-state index contributed by atoms with van der Waals surface area (Å²) in [6.45, 7) is 1.84. The van der Waals surface area contributed by atoms with Crippen LogP contribution in [0.2, 0.25) is 0 Å². The number of aromatic carboxylic acids is 1. The summed E-state index contributed by atoms with van der Waals surface area (Å²) in [7, 11) is 0. The largest absolute Gasteiger partial charge is 0.478 e. The lowest BCUT2D eigenvalue weighted by Gasteiger charge is -2.06. The van der Waals surface area contributed by atoms with E-state index >= 15 is 0 Å².